The monoisotopic (exact) mass is 550 g/mol. The first-order valence-electron chi connectivity index (χ1n) is 13.0. The summed E-state index contributed by atoms with van der Waals surface area (Å²) in [6.07, 6.45) is 1.54. The van der Waals surface area contributed by atoms with Crippen LogP contribution in [0.3, 0.4) is 0 Å². The highest BCUT2D eigenvalue weighted by atomic mass is 35.5. The van der Waals surface area contributed by atoms with Gasteiger partial charge in [0.05, 0.1) is 28.7 Å². The molecule has 3 heterocycles. The second-order valence-corrected chi connectivity index (χ2v) is 11.3. The quantitative estimate of drug-likeness (QED) is 0.407. The van der Waals surface area contributed by atoms with E-state index in [0.29, 0.717) is 59.8 Å². The van der Waals surface area contributed by atoms with Gasteiger partial charge in [-0.25, -0.2) is 19.7 Å². The smallest absolute Gasteiger partial charge is 0.337 e. The summed E-state index contributed by atoms with van der Waals surface area (Å²) < 4.78 is 0. The van der Waals surface area contributed by atoms with E-state index in [0.717, 1.165) is 11.3 Å². The van der Waals surface area contributed by atoms with Crippen molar-refractivity contribution in [1.82, 2.24) is 19.9 Å². The average molecular weight is 551 g/mol. The van der Waals surface area contributed by atoms with E-state index in [2.05, 4.69) is 20.2 Å². The molecule has 206 valence electrons. The average Bonchev–Trinajstić information content (AvgIpc) is 2.85. The first-order chi connectivity index (χ1) is 18.4. The lowest BCUT2D eigenvalue weighted by Gasteiger charge is -2.47. The number of piperazine rings is 1. The summed E-state index contributed by atoms with van der Waals surface area (Å²) >= 11 is 6.11. The summed E-state index contributed by atoms with van der Waals surface area (Å²) in [6, 6.07) is 9.43. The van der Waals surface area contributed by atoms with Crippen LogP contribution in [0.1, 0.15) is 77.0 Å². The van der Waals surface area contributed by atoms with Crippen molar-refractivity contribution in [2.75, 3.05) is 29.9 Å². The highest BCUT2D eigenvalue weighted by Gasteiger charge is 2.38. The third-order valence-corrected chi connectivity index (χ3v) is 7.22. The number of rotatable bonds is 7. The Morgan fingerprint density at radius 1 is 1.15 bits per heavy atom. The number of amides is 1. The lowest BCUT2D eigenvalue weighted by Crippen LogP contribution is -2.61. The molecular weight excluding hydrogens is 516 g/mol. The molecule has 0 radical (unpaired) electrons. The van der Waals surface area contributed by atoms with Crippen LogP contribution >= 0.6 is 11.6 Å². The van der Waals surface area contributed by atoms with E-state index in [-0.39, 0.29) is 17.4 Å². The number of halogens is 1. The van der Waals surface area contributed by atoms with Crippen LogP contribution in [0.2, 0.25) is 5.02 Å². The molecule has 1 aliphatic rings. The zero-order chi connectivity index (χ0) is 28.5. The summed E-state index contributed by atoms with van der Waals surface area (Å²) in [7, 11) is 0. The first kappa shape index (κ1) is 28.3. The molecule has 0 bridgehead atoms. The predicted molar refractivity (Wildman–Crippen MR) is 153 cm³/mol. The molecule has 0 atom stereocenters. The van der Waals surface area contributed by atoms with Crippen LogP contribution in [0, 0.1) is 13.8 Å². The highest BCUT2D eigenvalue weighted by Crippen LogP contribution is 2.29. The topological polar surface area (TPSA) is 112 Å². The van der Waals surface area contributed by atoms with Crippen LogP contribution in [-0.2, 0) is 6.54 Å². The van der Waals surface area contributed by atoms with E-state index in [9.17, 15) is 14.7 Å². The van der Waals surface area contributed by atoms with Crippen LogP contribution in [0.25, 0.3) is 0 Å². The minimum absolute atomic E-state index is 0.0586. The van der Waals surface area contributed by atoms with Gasteiger partial charge in [-0.3, -0.25) is 4.79 Å². The Hall–Kier alpha value is -3.72. The Bertz CT molecular complexity index is 1380. The Morgan fingerprint density at radius 2 is 1.90 bits per heavy atom. The number of carbonyl (C=O) groups excluding carboxylic acids is 1. The van der Waals surface area contributed by atoms with E-state index >= 15 is 0 Å². The molecule has 1 fully saturated rings. The second kappa shape index (κ2) is 11.2. The van der Waals surface area contributed by atoms with Crippen molar-refractivity contribution in [1.29, 1.82) is 0 Å². The maximum Gasteiger partial charge on any atom is 0.337 e. The molecule has 0 saturated carbocycles. The summed E-state index contributed by atoms with van der Waals surface area (Å²) in [5, 5.41) is 13.5. The molecule has 2 aromatic heterocycles. The molecule has 0 unspecified atom stereocenters. The molecular formula is C29H35ClN6O3. The van der Waals surface area contributed by atoms with E-state index in [1.807, 2.05) is 56.9 Å². The van der Waals surface area contributed by atoms with Crippen LogP contribution in [0.4, 0.5) is 11.6 Å². The van der Waals surface area contributed by atoms with Crippen LogP contribution < -0.4 is 10.2 Å². The van der Waals surface area contributed by atoms with Crippen molar-refractivity contribution < 1.29 is 14.7 Å². The van der Waals surface area contributed by atoms with Crippen molar-refractivity contribution in [3.63, 3.8) is 0 Å². The standard InChI is InChI=1S/C29H35ClN6O3/c1-17(2)25-26(31-14-20-8-7-9-21(30)13-20)32-15-22(34-25)27(37)36-11-10-35(16-29(36,5)6)23-12-18(3)24(28(38)39)19(4)33-23/h7-9,12-13,15,17H,10-11,14,16H2,1-6H3,(H,31,32)(H,38,39). The van der Waals surface area contributed by atoms with Gasteiger partial charge in [-0.15, -0.1) is 0 Å². The summed E-state index contributed by atoms with van der Waals surface area (Å²) in [4.78, 5) is 43.1. The van der Waals surface area contributed by atoms with Crippen molar-refractivity contribution in [3.05, 3.63) is 75.3 Å². The minimum atomic E-state index is -0.979. The van der Waals surface area contributed by atoms with Gasteiger partial charge in [0.25, 0.3) is 5.91 Å². The number of anilines is 2. The Balaban J connectivity index is 1.52. The molecule has 3 aromatic rings. The van der Waals surface area contributed by atoms with Gasteiger partial charge in [-0.2, -0.15) is 0 Å². The highest BCUT2D eigenvalue weighted by molar-refractivity contribution is 6.30. The number of carboxylic acid groups (broad SMARTS) is 1. The molecule has 1 amide bonds. The molecule has 1 aliphatic heterocycles. The molecule has 0 aliphatic carbocycles. The number of nitrogens with zero attached hydrogens (tertiary/aromatic N) is 5. The van der Waals surface area contributed by atoms with Gasteiger partial charge in [0.15, 0.2) is 0 Å². The van der Waals surface area contributed by atoms with E-state index in [1.165, 1.54) is 6.20 Å². The van der Waals surface area contributed by atoms with Gasteiger partial charge in [0.2, 0.25) is 0 Å². The zero-order valence-electron chi connectivity index (χ0n) is 23.2. The summed E-state index contributed by atoms with van der Waals surface area (Å²) in [5.41, 5.74) is 2.93. The predicted octanol–water partition coefficient (Wildman–Crippen LogP) is 5.32. The number of carboxylic acids is 1. The maximum atomic E-state index is 13.7. The number of aryl methyl sites for hydroxylation is 2. The molecule has 2 N–H and O–H groups in total. The lowest BCUT2D eigenvalue weighted by atomic mass is 9.97. The van der Waals surface area contributed by atoms with Crippen molar-refractivity contribution in [2.24, 2.45) is 0 Å². The van der Waals surface area contributed by atoms with Gasteiger partial charge in [0.1, 0.15) is 17.3 Å². The normalized spacial score (nSPS) is 15.0. The Kier molecular flexibility index (Phi) is 8.11. The Labute approximate surface area is 234 Å². The molecule has 1 aromatic carbocycles. The number of pyridine rings is 1. The number of hydrogen-bond donors (Lipinski definition) is 2. The molecule has 1 saturated heterocycles. The third-order valence-electron chi connectivity index (χ3n) is 6.98. The summed E-state index contributed by atoms with van der Waals surface area (Å²) in [6.45, 7) is 13.7. The van der Waals surface area contributed by atoms with Gasteiger partial charge in [-0.1, -0.05) is 37.6 Å². The van der Waals surface area contributed by atoms with Gasteiger partial charge < -0.3 is 20.2 Å². The summed E-state index contributed by atoms with van der Waals surface area (Å²) in [5.74, 6) is 0.270. The van der Waals surface area contributed by atoms with Crippen LogP contribution in [0.15, 0.2) is 36.5 Å². The number of benzene rings is 1. The number of hydrogen-bond acceptors (Lipinski definition) is 7. The molecule has 4 rings (SSSR count). The van der Waals surface area contributed by atoms with E-state index in [1.54, 1.807) is 19.9 Å². The fraction of sp³-hybridized carbons (Fsp3) is 0.414. The van der Waals surface area contributed by atoms with E-state index in [4.69, 9.17) is 16.6 Å². The minimum Gasteiger partial charge on any atom is -0.478 e. The largest absolute Gasteiger partial charge is 0.478 e. The molecule has 39 heavy (non-hydrogen) atoms. The fourth-order valence-electron chi connectivity index (χ4n) is 5.04. The van der Waals surface area contributed by atoms with Crippen molar-refractivity contribution in [3.8, 4) is 0 Å². The SMILES string of the molecule is Cc1cc(N2CCN(C(=O)c3cnc(NCc4cccc(Cl)c4)c(C(C)C)n3)C(C)(C)C2)nc(C)c1C(=O)O. The first-order valence-corrected chi connectivity index (χ1v) is 13.4. The number of nitrogens with one attached hydrogen (secondary N) is 1. The maximum absolute atomic E-state index is 13.7. The van der Waals surface area contributed by atoms with Gasteiger partial charge in [0, 0.05) is 31.2 Å². The Morgan fingerprint density at radius 3 is 2.51 bits per heavy atom. The molecule has 0 spiro atoms. The van der Waals surface area contributed by atoms with Crippen molar-refractivity contribution in [2.45, 2.75) is 59.5 Å². The third kappa shape index (κ3) is 6.14. The second-order valence-electron chi connectivity index (χ2n) is 10.9. The van der Waals surface area contributed by atoms with Gasteiger partial charge in [-0.05, 0) is 62.9 Å². The lowest BCUT2D eigenvalue weighted by molar-refractivity contribution is 0.0506. The zero-order valence-corrected chi connectivity index (χ0v) is 24.0. The van der Waals surface area contributed by atoms with Crippen molar-refractivity contribution >= 4 is 35.1 Å². The molecule has 10 heteroatoms. The van der Waals surface area contributed by atoms with E-state index < -0.39 is 11.5 Å². The molecule has 9 nitrogen and oxygen atoms in total. The van der Waals surface area contributed by atoms with Crippen LogP contribution in [0.5, 0.6) is 0 Å². The number of aromatic carboxylic acids is 1. The number of carbonyl (C=O) groups is 2. The van der Waals surface area contributed by atoms with Gasteiger partial charge >= 0.3 is 5.97 Å². The van der Waals surface area contributed by atoms with Crippen LogP contribution in [-0.4, -0.2) is 62.0 Å². The number of aromatic nitrogens is 3. The fourth-order valence-corrected chi connectivity index (χ4v) is 5.25.